The van der Waals surface area contributed by atoms with Gasteiger partial charge in [0.25, 0.3) is 0 Å². The number of hydrogen-bond acceptors (Lipinski definition) is 5. The molecule has 1 fully saturated rings. The van der Waals surface area contributed by atoms with Crippen LogP contribution in [0.3, 0.4) is 0 Å². The highest BCUT2D eigenvalue weighted by Crippen LogP contribution is 2.19. The van der Waals surface area contributed by atoms with Gasteiger partial charge in [-0.05, 0) is 38.3 Å². The SMILES string of the molecule is COc1cccc(OC(C)CNC(=NCC(=O)N(C)C)NCC2CCCCO2)c1.I. The maximum absolute atomic E-state index is 11.9. The normalized spacial score (nSPS) is 17.3. The molecule has 0 radical (unpaired) electrons. The zero-order valence-electron chi connectivity index (χ0n) is 18.3. The summed E-state index contributed by atoms with van der Waals surface area (Å²) in [6, 6.07) is 7.50. The number of benzene rings is 1. The molecule has 2 rings (SSSR count). The van der Waals surface area contributed by atoms with E-state index in [2.05, 4.69) is 15.6 Å². The Labute approximate surface area is 196 Å². The highest BCUT2D eigenvalue weighted by molar-refractivity contribution is 14.0. The van der Waals surface area contributed by atoms with Crippen molar-refractivity contribution in [3.8, 4) is 11.5 Å². The Morgan fingerprint density at radius 2 is 2.07 bits per heavy atom. The molecule has 2 atom stereocenters. The summed E-state index contributed by atoms with van der Waals surface area (Å²) in [6.45, 7) is 4.05. The summed E-state index contributed by atoms with van der Waals surface area (Å²) in [4.78, 5) is 17.8. The van der Waals surface area contributed by atoms with Crippen molar-refractivity contribution in [3.05, 3.63) is 24.3 Å². The van der Waals surface area contributed by atoms with Crippen LogP contribution in [0.2, 0.25) is 0 Å². The van der Waals surface area contributed by atoms with Gasteiger partial charge in [-0.1, -0.05) is 6.07 Å². The van der Waals surface area contributed by atoms with E-state index in [4.69, 9.17) is 14.2 Å². The van der Waals surface area contributed by atoms with Crippen molar-refractivity contribution in [1.29, 1.82) is 0 Å². The summed E-state index contributed by atoms with van der Waals surface area (Å²) in [6.07, 6.45) is 3.39. The van der Waals surface area contributed by atoms with Gasteiger partial charge in [0.1, 0.15) is 24.1 Å². The summed E-state index contributed by atoms with van der Waals surface area (Å²) in [5.41, 5.74) is 0. The second-order valence-corrected chi connectivity index (χ2v) is 7.31. The van der Waals surface area contributed by atoms with Crippen LogP contribution in [0.25, 0.3) is 0 Å². The van der Waals surface area contributed by atoms with Gasteiger partial charge in [0, 0.05) is 33.3 Å². The van der Waals surface area contributed by atoms with Gasteiger partial charge in [0.15, 0.2) is 5.96 Å². The highest BCUT2D eigenvalue weighted by atomic mass is 127. The van der Waals surface area contributed by atoms with Crippen LogP contribution in [0.15, 0.2) is 29.3 Å². The van der Waals surface area contributed by atoms with E-state index in [0.717, 1.165) is 30.9 Å². The van der Waals surface area contributed by atoms with E-state index in [1.165, 1.54) is 11.3 Å². The van der Waals surface area contributed by atoms with Crippen LogP contribution in [-0.4, -0.2) is 76.4 Å². The summed E-state index contributed by atoms with van der Waals surface area (Å²) >= 11 is 0. The van der Waals surface area contributed by atoms with Crippen LogP contribution in [0.4, 0.5) is 0 Å². The van der Waals surface area contributed by atoms with Gasteiger partial charge < -0.3 is 29.7 Å². The average Bonchev–Trinajstić information content (AvgIpc) is 2.73. The molecule has 30 heavy (non-hydrogen) atoms. The standard InChI is InChI=1S/C21H34N4O4.HI/c1-16(29-18-10-7-9-17(12-18)27-4)13-22-21(24-15-20(26)25(2)3)23-14-19-8-5-6-11-28-19;/h7,9-10,12,16,19H,5-6,8,11,13-15H2,1-4H3,(H2,22,23,24);1H. The van der Waals surface area contributed by atoms with Crippen LogP contribution < -0.4 is 20.1 Å². The molecule has 1 heterocycles. The first kappa shape index (κ1) is 26.3. The van der Waals surface area contributed by atoms with E-state index < -0.39 is 0 Å². The maximum Gasteiger partial charge on any atom is 0.243 e. The predicted octanol–water partition coefficient (Wildman–Crippen LogP) is 2.27. The molecule has 170 valence electrons. The first-order valence-electron chi connectivity index (χ1n) is 10.1. The minimum absolute atomic E-state index is 0. The molecule has 2 unspecified atom stereocenters. The Morgan fingerprint density at radius 1 is 1.30 bits per heavy atom. The lowest BCUT2D eigenvalue weighted by Gasteiger charge is -2.24. The lowest BCUT2D eigenvalue weighted by Crippen LogP contribution is -2.45. The molecule has 9 heteroatoms. The van der Waals surface area contributed by atoms with E-state index in [0.29, 0.717) is 19.0 Å². The molecule has 1 saturated heterocycles. The summed E-state index contributed by atoms with van der Waals surface area (Å²) in [7, 11) is 5.07. The number of likely N-dealkylation sites (N-methyl/N-ethyl adjacent to an activating group) is 1. The van der Waals surface area contributed by atoms with Gasteiger partial charge in [0.05, 0.1) is 19.8 Å². The summed E-state index contributed by atoms with van der Waals surface area (Å²) in [5.74, 6) is 2.01. The number of methoxy groups -OCH3 is 1. The van der Waals surface area contributed by atoms with Crippen molar-refractivity contribution in [2.45, 2.75) is 38.4 Å². The molecule has 1 aromatic rings. The molecule has 0 spiro atoms. The van der Waals surface area contributed by atoms with Gasteiger partial charge >= 0.3 is 0 Å². The van der Waals surface area contributed by atoms with Crippen molar-refractivity contribution in [2.75, 3.05) is 47.4 Å². The largest absolute Gasteiger partial charge is 0.497 e. The zero-order chi connectivity index (χ0) is 21.1. The number of amides is 1. The molecule has 0 aliphatic carbocycles. The minimum Gasteiger partial charge on any atom is -0.497 e. The maximum atomic E-state index is 11.9. The Morgan fingerprint density at radius 3 is 2.73 bits per heavy atom. The third-order valence-electron chi connectivity index (χ3n) is 4.58. The fourth-order valence-electron chi connectivity index (χ4n) is 2.83. The van der Waals surface area contributed by atoms with Gasteiger partial charge in [-0.25, -0.2) is 4.99 Å². The molecule has 0 bridgehead atoms. The lowest BCUT2D eigenvalue weighted by atomic mass is 10.1. The first-order chi connectivity index (χ1) is 14.0. The third-order valence-corrected chi connectivity index (χ3v) is 4.58. The van der Waals surface area contributed by atoms with E-state index in [-0.39, 0.29) is 48.6 Å². The molecule has 2 N–H and O–H groups in total. The molecule has 8 nitrogen and oxygen atoms in total. The fourth-order valence-corrected chi connectivity index (χ4v) is 2.83. The van der Waals surface area contributed by atoms with Gasteiger partial charge in [-0.3, -0.25) is 4.79 Å². The van der Waals surface area contributed by atoms with E-state index in [1.54, 1.807) is 21.2 Å². The molecule has 1 aromatic carbocycles. The molecular formula is C21H35IN4O4. The van der Waals surface area contributed by atoms with Crippen LogP contribution in [0.1, 0.15) is 26.2 Å². The van der Waals surface area contributed by atoms with E-state index in [9.17, 15) is 4.79 Å². The van der Waals surface area contributed by atoms with E-state index in [1.807, 2.05) is 31.2 Å². The zero-order valence-corrected chi connectivity index (χ0v) is 20.7. The van der Waals surface area contributed by atoms with Crippen LogP contribution in [0.5, 0.6) is 11.5 Å². The van der Waals surface area contributed by atoms with Gasteiger partial charge in [0.2, 0.25) is 5.91 Å². The fraction of sp³-hybridized carbons (Fsp3) is 0.619. The molecule has 1 amide bonds. The number of guanidine groups is 1. The average molecular weight is 534 g/mol. The molecular weight excluding hydrogens is 499 g/mol. The minimum atomic E-state index is -0.107. The molecule has 1 aliphatic rings. The molecule has 1 aliphatic heterocycles. The van der Waals surface area contributed by atoms with E-state index >= 15 is 0 Å². The highest BCUT2D eigenvalue weighted by Gasteiger charge is 2.15. The number of halogens is 1. The number of carbonyl (C=O) groups excluding carboxylic acids is 1. The smallest absolute Gasteiger partial charge is 0.243 e. The van der Waals surface area contributed by atoms with Crippen molar-refractivity contribution >= 4 is 35.8 Å². The number of ether oxygens (including phenoxy) is 3. The molecule has 0 aromatic heterocycles. The molecule has 0 saturated carbocycles. The Balaban J connectivity index is 0.00000450. The number of rotatable bonds is 9. The van der Waals surface area contributed by atoms with Gasteiger partial charge in [-0.15, -0.1) is 24.0 Å². The quantitative estimate of drug-likeness (QED) is 0.288. The number of nitrogens with zero attached hydrogens (tertiary/aromatic N) is 2. The predicted molar refractivity (Wildman–Crippen MR) is 129 cm³/mol. The van der Waals surface area contributed by atoms with Crippen molar-refractivity contribution in [3.63, 3.8) is 0 Å². The third kappa shape index (κ3) is 9.84. The van der Waals surface area contributed by atoms with Gasteiger partial charge in [-0.2, -0.15) is 0 Å². The Kier molecular flexibility index (Phi) is 12.5. The second-order valence-electron chi connectivity index (χ2n) is 7.31. The van der Waals surface area contributed by atoms with Crippen molar-refractivity contribution in [1.82, 2.24) is 15.5 Å². The number of nitrogens with one attached hydrogen (secondary N) is 2. The number of carbonyl (C=O) groups is 1. The van der Waals surface area contributed by atoms with Crippen molar-refractivity contribution < 1.29 is 19.0 Å². The topological polar surface area (TPSA) is 84.4 Å². The first-order valence-corrected chi connectivity index (χ1v) is 10.1. The van der Waals surface area contributed by atoms with Crippen LogP contribution >= 0.6 is 24.0 Å². The number of hydrogen-bond donors (Lipinski definition) is 2. The lowest BCUT2D eigenvalue weighted by molar-refractivity contribution is -0.127. The Hall–Kier alpha value is -1.75. The van der Waals surface area contributed by atoms with Crippen molar-refractivity contribution in [2.24, 2.45) is 4.99 Å². The van der Waals surface area contributed by atoms with Crippen LogP contribution in [-0.2, 0) is 9.53 Å². The summed E-state index contributed by atoms with van der Waals surface area (Å²) in [5, 5.41) is 6.55. The van der Waals surface area contributed by atoms with Crippen LogP contribution in [0, 0.1) is 0 Å². The summed E-state index contributed by atoms with van der Waals surface area (Å²) < 4.78 is 16.9. The monoisotopic (exact) mass is 534 g/mol. The Bertz CT molecular complexity index is 666. The second kappa shape index (κ2) is 14.3. The number of aliphatic imine (C=N–C) groups is 1.